The number of oxazole rings is 1. The second-order valence-corrected chi connectivity index (χ2v) is 5.70. The molecule has 0 amide bonds. The largest absolute Gasteiger partial charge is 0.439 e. The minimum absolute atomic E-state index is 0.507. The molecule has 4 nitrogen and oxygen atoms in total. The van der Waals surface area contributed by atoms with Crippen LogP contribution < -0.4 is 5.73 Å². The number of nitrogens with zero attached hydrogens (tertiary/aromatic N) is 2. The highest BCUT2D eigenvalue weighted by Gasteiger charge is 2.15. The van der Waals surface area contributed by atoms with E-state index in [1.54, 1.807) is 0 Å². The van der Waals surface area contributed by atoms with Crippen molar-refractivity contribution in [2.24, 2.45) is 5.92 Å². The van der Waals surface area contributed by atoms with Gasteiger partial charge in [-0.05, 0) is 38.4 Å². The first-order chi connectivity index (χ1) is 8.97. The molecule has 0 radical (unpaired) electrons. The molecule has 0 bridgehead atoms. The van der Waals surface area contributed by atoms with E-state index in [-0.39, 0.29) is 0 Å². The molecule has 0 saturated carbocycles. The average molecular weight is 261 g/mol. The molecule has 0 aliphatic rings. The summed E-state index contributed by atoms with van der Waals surface area (Å²) < 4.78 is 5.74. The molecule has 0 saturated heterocycles. The van der Waals surface area contributed by atoms with Crippen LogP contribution in [0.2, 0.25) is 0 Å². The molecule has 0 aliphatic carbocycles. The van der Waals surface area contributed by atoms with Gasteiger partial charge in [0, 0.05) is 6.04 Å². The Morgan fingerprint density at radius 3 is 2.68 bits per heavy atom. The van der Waals surface area contributed by atoms with Gasteiger partial charge in [-0.1, -0.05) is 19.9 Å². The second kappa shape index (κ2) is 5.61. The molecule has 1 heterocycles. The van der Waals surface area contributed by atoms with E-state index in [1.165, 1.54) is 6.42 Å². The predicted molar refractivity (Wildman–Crippen MR) is 78.8 cm³/mol. The van der Waals surface area contributed by atoms with E-state index in [1.807, 2.05) is 18.2 Å². The SMILES string of the molecule is CC(C)CC(C)N(C)Cc1nc2c(N)cccc2o1. The van der Waals surface area contributed by atoms with Crippen molar-refractivity contribution in [1.82, 2.24) is 9.88 Å². The maximum Gasteiger partial charge on any atom is 0.209 e. The summed E-state index contributed by atoms with van der Waals surface area (Å²) in [7, 11) is 2.10. The summed E-state index contributed by atoms with van der Waals surface area (Å²) in [5.41, 5.74) is 8.09. The molecular formula is C15H23N3O. The standard InChI is InChI=1S/C15H23N3O/c1-10(2)8-11(3)18(4)9-14-17-15-12(16)6-5-7-13(15)19-14/h5-7,10-11H,8-9,16H2,1-4H3. The molecule has 4 heteroatoms. The van der Waals surface area contributed by atoms with Gasteiger partial charge >= 0.3 is 0 Å². The lowest BCUT2D eigenvalue weighted by Gasteiger charge is -2.24. The first-order valence-electron chi connectivity index (χ1n) is 6.81. The number of nitrogens with two attached hydrogens (primary N) is 1. The highest BCUT2D eigenvalue weighted by atomic mass is 16.3. The maximum absolute atomic E-state index is 5.89. The van der Waals surface area contributed by atoms with Gasteiger partial charge in [0.05, 0.1) is 12.2 Å². The quantitative estimate of drug-likeness (QED) is 0.839. The summed E-state index contributed by atoms with van der Waals surface area (Å²) in [6, 6.07) is 6.14. The first-order valence-corrected chi connectivity index (χ1v) is 6.81. The van der Waals surface area contributed by atoms with Gasteiger partial charge in [-0.3, -0.25) is 4.90 Å². The molecule has 2 rings (SSSR count). The molecule has 0 spiro atoms. The van der Waals surface area contributed by atoms with Gasteiger partial charge in [-0.25, -0.2) is 4.98 Å². The third-order valence-corrected chi connectivity index (χ3v) is 3.44. The van der Waals surface area contributed by atoms with Crippen molar-refractivity contribution in [2.75, 3.05) is 12.8 Å². The van der Waals surface area contributed by atoms with Gasteiger partial charge in [0.15, 0.2) is 5.58 Å². The van der Waals surface area contributed by atoms with Gasteiger partial charge in [-0.15, -0.1) is 0 Å². The lowest BCUT2D eigenvalue weighted by molar-refractivity contribution is 0.203. The van der Waals surface area contributed by atoms with Gasteiger partial charge < -0.3 is 10.2 Å². The van der Waals surface area contributed by atoms with Crippen LogP contribution in [0.5, 0.6) is 0 Å². The summed E-state index contributed by atoms with van der Waals surface area (Å²) in [4.78, 5) is 6.75. The summed E-state index contributed by atoms with van der Waals surface area (Å²) in [5.74, 6) is 1.42. The first kappa shape index (κ1) is 13.9. The van der Waals surface area contributed by atoms with Crippen LogP contribution in [0.25, 0.3) is 11.1 Å². The van der Waals surface area contributed by atoms with E-state index in [9.17, 15) is 0 Å². The second-order valence-electron chi connectivity index (χ2n) is 5.70. The summed E-state index contributed by atoms with van der Waals surface area (Å²) >= 11 is 0. The van der Waals surface area contributed by atoms with Gasteiger partial charge in [0.1, 0.15) is 5.52 Å². The molecule has 2 N–H and O–H groups in total. The van der Waals surface area contributed by atoms with E-state index < -0.39 is 0 Å². The van der Waals surface area contributed by atoms with E-state index in [2.05, 4.69) is 37.7 Å². The smallest absolute Gasteiger partial charge is 0.209 e. The molecule has 0 fully saturated rings. The number of anilines is 1. The monoisotopic (exact) mass is 261 g/mol. The van der Waals surface area contributed by atoms with Crippen molar-refractivity contribution in [3.8, 4) is 0 Å². The van der Waals surface area contributed by atoms with Crippen LogP contribution in [0.3, 0.4) is 0 Å². The molecule has 2 aromatic rings. The van der Waals surface area contributed by atoms with Crippen LogP contribution in [0.15, 0.2) is 22.6 Å². The molecule has 0 aliphatic heterocycles. The van der Waals surface area contributed by atoms with Crippen molar-refractivity contribution in [2.45, 2.75) is 39.8 Å². The predicted octanol–water partition coefficient (Wildman–Crippen LogP) is 3.28. The van der Waals surface area contributed by atoms with E-state index in [4.69, 9.17) is 10.2 Å². The minimum Gasteiger partial charge on any atom is -0.439 e. The Morgan fingerprint density at radius 2 is 2.05 bits per heavy atom. The minimum atomic E-state index is 0.507. The number of benzene rings is 1. The third kappa shape index (κ3) is 3.26. The van der Waals surface area contributed by atoms with Crippen molar-refractivity contribution in [3.05, 3.63) is 24.1 Å². The summed E-state index contributed by atoms with van der Waals surface area (Å²) in [6.45, 7) is 7.42. The third-order valence-electron chi connectivity index (χ3n) is 3.44. The van der Waals surface area contributed by atoms with Crippen LogP contribution in [0.1, 0.15) is 33.1 Å². The number of hydrogen-bond donors (Lipinski definition) is 1. The fraction of sp³-hybridized carbons (Fsp3) is 0.533. The van der Waals surface area contributed by atoms with Crippen molar-refractivity contribution >= 4 is 16.8 Å². The zero-order valence-electron chi connectivity index (χ0n) is 12.2. The fourth-order valence-corrected chi connectivity index (χ4v) is 2.31. The van der Waals surface area contributed by atoms with E-state index in [0.29, 0.717) is 24.2 Å². The number of aromatic nitrogens is 1. The highest BCUT2D eigenvalue weighted by Crippen LogP contribution is 2.22. The van der Waals surface area contributed by atoms with Gasteiger partial charge in [0.2, 0.25) is 5.89 Å². The van der Waals surface area contributed by atoms with Crippen molar-refractivity contribution < 1.29 is 4.42 Å². The zero-order chi connectivity index (χ0) is 14.0. The Balaban J connectivity index is 2.11. The van der Waals surface area contributed by atoms with Crippen LogP contribution in [-0.4, -0.2) is 23.0 Å². The van der Waals surface area contributed by atoms with Gasteiger partial charge in [0.25, 0.3) is 0 Å². The number of hydrogen-bond acceptors (Lipinski definition) is 4. The average Bonchev–Trinajstić information content (AvgIpc) is 2.72. The Kier molecular flexibility index (Phi) is 4.10. The van der Waals surface area contributed by atoms with Crippen LogP contribution in [0, 0.1) is 5.92 Å². The lowest BCUT2D eigenvalue weighted by Crippen LogP contribution is -2.29. The molecule has 1 aromatic heterocycles. The molecule has 1 unspecified atom stereocenters. The van der Waals surface area contributed by atoms with Crippen molar-refractivity contribution in [3.63, 3.8) is 0 Å². The number of para-hydroxylation sites is 1. The lowest BCUT2D eigenvalue weighted by atomic mass is 10.0. The fourth-order valence-electron chi connectivity index (χ4n) is 2.31. The number of fused-ring (bicyclic) bond motifs is 1. The Hall–Kier alpha value is -1.55. The van der Waals surface area contributed by atoms with Crippen LogP contribution >= 0.6 is 0 Å². The van der Waals surface area contributed by atoms with E-state index >= 15 is 0 Å². The highest BCUT2D eigenvalue weighted by molar-refractivity contribution is 5.85. The molecular weight excluding hydrogens is 238 g/mol. The molecule has 1 aromatic carbocycles. The Labute approximate surface area is 114 Å². The molecule has 1 atom stereocenters. The molecule has 19 heavy (non-hydrogen) atoms. The normalized spacial score (nSPS) is 13.6. The Morgan fingerprint density at radius 1 is 1.32 bits per heavy atom. The Bertz CT molecular complexity index is 547. The number of nitrogen functional groups attached to an aromatic ring is 1. The van der Waals surface area contributed by atoms with Crippen LogP contribution in [-0.2, 0) is 6.54 Å². The topological polar surface area (TPSA) is 55.3 Å². The summed E-state index contributed by atoms with van der Waals surface area (Å²) in [5, 5.41) is 0. The molecule has 104 valence electrons. The van der Waals surface area contributed by atoms with E-state index in [0.717, 1.165) is 17.0 Å². The summed E-state index contributed by atoms with van der Waals surface area (Å²) in [6.07, 6.45) is 1.17. The number of rotatable bonds is 5. The van der Waals surface area contributed by atoms with Gasteiger partial charge in [-0.2, -0.15) is 0 Å². The maximum atomic E-state index is 5.89. The zero-order valence-corrected chi connectivity index (χ0v) is 12.2. The van der Waals surface area contributed by atoms with Crippen molar-refractivity contribution in [1.29, 1.82) is 0 Å². The van der Waals surface area contributed by atoms with Crippen LogP contribution in [0.4, 0.5) is 5.69 Å².